The summed E-state index contributed by atoms with van der Waals surface area (Å²) in [5, 5.41) is 10.1. The second-order valence-corrected chi connectivity index (χ2v) is 5.46. The van der Waals surface area contributed by atoms with Crippen molar-refractivity contribution in [2.75, 3.05) is 26.9 Å². The van der Waals surface area contributed by atoms with Gasteiger partial charge in [-0.3, -0.25) is 0 Å². The van der Waals surface area contributed by atoms with Gasteiger partial charge in [-0.25, -0.2) is 0 Å². The van der Waals surface area contributed by atoms with Gasteiger partial charge in [0.05, 0.1) is 12.7 Å². The van der Waals surface area contributed by atoms with Gasteiger partial charge in [0.2, 0.25) is 0 Å². The van der Waals surface area contributed by atoms with Gasteiger partial charge in [-0.15, -0.1) is 0 Å². The first-order valence-corrected chi connectivity index (χ1v) is 7.18. The molecule has 0 saturated carbocycles. The van der Waals surface area contributed by atoms with Crippen molar-refractivity contribution < 1.29 is 14.6 Å². The van der Waals surface area contributed by atoms with Gasteiger partial charge >= 0.3 is 0 Å². The number of methoxy groups -OCH3 is 1. The Morgan fingerprint density at radius 1 is 1.20 bits per heavy atom. The standard InChI is InChI=1S/C16H27NO3/c1-12(2)11-20-14-6-4-13(5-7-14)15(10-17)16(18)8-9-19-3/h4-7,12,15-16,18H,8-11,17H2,1-3H3. The summed E-state index contributed by atoms with van der Waals surface area (Å²) in [6.07, 6.45) is 0.103. The molecule has 2 unspecified atom stereocenters. The van der Waals surface area contributed by atoms with Crippen molar-refractivity contribution in [3.63, 3.8) is 0 Å². The van der Waals surface area contributed by atoms with Crippen molar-refractivity contribution in [1.82, 2.24) is 0 Å². The molecule has 20 heavy (non-hydrogen) atoms. The lowest BCUT2D eigenvalue weighted by atomic mass is 9.92. The van der Waals surface area contributed by atoms with E-state index < -0.39 is 6.10 Å². The summed E-state index contributed by atoms with van der Waals surface area (Å²) < 4.78 is 10.6. The van der Waals surface area contributed by atoms with Crippen molar-refractivity contribution in [3.05, 3.63) is 29.8 Å². The number of ether oxygens (including phenoxy) is 2. The first-order valence-electron chi connectivity index (χ1n) is 7.18. The predicted molar refractivity (Wildman–Crippen MR) is 81.1 cm³/mol. The van der Waals surface area contributed by atoms with Crippen LogP contribution in [0.25, 0.3) is 0 Å². The van der Waals surface area contributed by atoms with Crippen LogP contribution in [-0.4, -0.2) is 38.1 Å². The molecule has 0 heterocycles. The fourth-order valence-corrected chi connectivity index (χ4v) is 2.03. The SMILES string of the molecule is COCCC(O)C(CN)c1ccc(OCC(C)C)cc1. The van der Waals surface area contributed by atoms with E-state index in [1.807, 2.05) is 24.3 Å². The van der Waals surface area contributed by atoms with Crippen LogP contribution in [0.4, 0.5) is 0 Å². The Balaban J connectivity index is 2.64. The van der Waals surface area contributed by atoms with Crippen LogP contribution in [0, 0.1) is 5.92 Å². The molecule has 0 saturated heterocycles. The summed E-state index contributed by atoms with van der Waals surface area (Å²) >= 11 is 0. The van der Waals surface area contributed by atoms with Gasteiger partial charge < -0.3 is 20.3 Å². The molecule has 4 nitrogen and oxygen atoms in total. The zero-order valence-corrected chi connectivity index (χ0v) is 12.7. The molecular formula is C16H27NO3. The molecule has 1 aromatic rings. The minimum Gasteiger partial charge on any atom is -0.493 e. The Kier molecular flexibility index (Phi) is 7.59. The zero-order valence-electron chi connectivity index (χ0n) is 12.7. The van der Waals surface area contributed by atoms with Crippen LogP contribution in [0.3, 0.4) is 0 Å². The Labute approximate surface area is 121 Å². The van der Waals surface area contributed by atoms with E-state index in [9.17, 15) is 5.11 Å². The van der Waals surface area contributed by atoms with E-state index in [0.717, 1.165) is 11.3 Å². The highest BCUT2D eigenvalue weighted by atomic mass is 16.5. The van der Waals surface area contributed by atoms with Gasteiger partial charge in [0.1, 0.15) is 5.75 Å². The zero-order chi connectivity index (χ0) is 15.0. The van der Waals surface area contributed by atoms with E-state index >= 15 is 0 Å². The third-order valence-corrected chi connectivity index (χ3v) is 3.23. The summed E-state index contributed by atoms with van der Waals surface area (Å²) in [7, 11) is 1.63. The normalized spacial score (nSPS) is 14.3. The van der Waals surface area contributed by atoms with Crippen molar-refractivity contribution in [1.29, 1.82) is 0 Å². The van der Waals surface area contributed by atoms with Gasteiger partial charge in [-0.2, -0.15) is 0 Å². The summed E-state index contributed by atoms with van der Waals surface area (Å²) in [6, 6.07) is 7.82. The second kappa shape index (κ2) is 8.95. The lowest BCUT2D eigenvalue weighted by molar-refractivity contribution is 0.0920. The van der Waals surface area contributed by atoms with E-state index in [-0.39, 0.29) is 5.92 Å². The summed E-state index contributed by atoms with van der Waals surface area (Å²) in [6.45, 7) is 5.89. The monoisotopic (exact) mass is 281 g/mol. The molecule has 3 N–H and O–H groups in total. The Morgan fingerprint density at radius 2 is 1.85 bits per heavy atom. The molecule has 0 aromatic heterocycles. The molecule has 1 aromatic carbocycles. The number of hydrogen-bond acceptors (Lipinski definition) is 4. The van der Waals surface area contributed by atoms with Gasteiger partial charge in [-0.1, -0.05) is 26.0 Å². The smallest absolute Gasteiger partial charge is 0.119 e. The van der Waals surface area contributed by atoms with Gasteiger partial charge in [-0.05, 0) is 30.0 Å². The molecule has 1 rings (SSSR count). The fraction of sp³-hybridized carbons (Fsp3) is 0.625. The summed E-state index contributed by atoms with van der Waals surface area (Å²) in [5.41, 5.74) is 6.82. The summed E-state index contributed by atoms with van der Waals surface area (Å²) in [5.74, 6) is 1.29. The van der Waals surface area contributed by atoms with E-state index in [1.165, 1.54) is 0 Å². The Bertz CT molecular complexity index is 364. The van der Waals surface area contributed by atoms with Crippen molar-refractivity contribution in [2.24, 2.45) is 11.7 Å². The van der Waals surface area contributed by atoms with Crippen LogP contribution < -0.4 is 10.5 Å². The Morgan fingerprint density at radius 3 is 2.35 bits per heavy atom. The van der Waals surface area contributed by atoms with Gasteiger partial charge in [0, 0.05) is 26.2 Å². The molecule has 0 aliphatic carbocycles. The van der Waals surface area contributed by atoms with Gasteiger partial charge in [0.25, 0.3) is 0 Å². The van der Waals surface area contributed by atoms with E-state index in [4.69, 9.17) is 15.2 Å². The number of nitrogens with two attached hydrogens (primary N) is 1. The number of aliphatic hydroxyl groups excluding tert-OH is 1. The highest BCUT2D eigenvalue weighted by Crippen LogP contribution is 2.23. The lowest BCUT2D eigenvalue weighted by Crippen LogP contribution is -2.27. The first-order chi connectivity index (χ1) is 9.58. The minimum absolute atomic E-state index is 0.0655. The molecular weight excluding hydrogens is 254 g/mol. The molecule has 0 fully saturated rings. The maximum absolute atomic E-state index is 10.1. The molecule has 4 heteroatoms. The molecule has 2 atom stereocenters. The molecule has 0 aliphatic rings. The largest absolute Gasteiger partial charge is 0.493 e. The van der Waals surface area contributed by atoms with E-state index in [2.05, 4.69) is 13.8 Å². The van der Waals surface area contributed by atoms with E-state index in [1.54, 1.807) is 7.11 Å². The van der Waals surface area contributed by atoms with Crippen molar-refractivity contribution in [3.8, 4) is 5.75 Å². The van der Waals surface area contributed by atoms with Crippen LogP contribution in [0.2, 0.25) is 0 Å². The molecule has 114 valence electrons. The maximum Gasteiger partial charge on any atom is 0.119 e. The number of rotatable bonds is 9. The molecule has 0 aliphatic heterocycles. The molecule has 0 radical (unpaired) electrons. The van der Waals surface area contributed by atoms with Crippen LogP contribution in [0.1, 0.15) is 31.7 Å². The predicted octanol–water partition coefficient (Wildman–Crippen LogP) is 2.16. The second-order valence-electron chi connectivity index (χ2n) is 5.46. The highest BCUT2D eigenvalue weighted by molar-refractivity contribution is 5.30. The molecule has 0 spiro atoms. The maximum atomic E-state index is 10.1. The first kappa shape index (κ1) is 17.0. The van der Waals surface area contributed by atoms with Crippen molar-refractivity contribution >= 4 is 0 Å². The third kappa shape index (κ3) is 5.49. The number of hydrogen-bond donors (Lipinski definition) is 2. The topological polar surface area (TPSA) is 64.7 Å². The fourth-order valence-electron chi connectivity index (χ4n) is 2.03. The quantitative estimate of drug-likeness (QED) is 0.728. The highest BCUT2D eigenvalue weighted by Gasteiger charge is 2.19. The Hall–Kier alpha value is -1.10. The third-order valence-electron chi connectivity index (χ3n) is 3.23. The van der Waals surface area contributed by atoms with Crippen LogP contribution in [0.15, 0.2) is 24.3 Å². The average molecular weight is 281 g/mol. The van der Waals surface area contributed by atoms with Crippen LogP contribution >= 0.6 is 0 Å². The molecule has 0 amide bonds. The number of aliphatic hydroxyl groups is 1. The summed E-state index contributed by atoms with van der Waals surface area (Å²) in [4.78, 5) is 0. The van der Waals surface area contributed by atoms with Crippen LogP contribution in [0.5, 0.6) is 5.75 Å². The average Bonchev–Trinajstić information content (AvgIpc) is 2.45. The lowest BCUT2D eigenvalue weighted by Gasteiger charge is -2.22. The number of benzene rings is 1. The van der Waals surface area contributed by atoms with Crippen molar-refractivity contribution in [2.45, 2.75) is 32.3 Å². The van der Waals surface area contributed by atoms with E-state index in [0.29, 0.717) is 32.1 Å². The minimum atomic E-state index is -0.484. The molecule has 0 bridgehead atoms. The van der Waals surface area contributed by atoms with Gasteiger partial charge in [0.15, 0.2) is 0 Å². The van der Waals surface area contributed by atoms with Crippen LogP contribution in [-0.2, 0) is 4.74 Å².